The minimum Gasteiger partial charge on any atom is -0.396 e. The minimum atomic E-state index is 0.573. The van der Waals surface area contributed by atoms with Crippen LogP contribution in [0.4, 0.5) is 0 Å². The third-order valence-electron chi connectivity index (χ3n) is 2.66. The van der Waals surface area contributed by atoms with Crippen LogP contribution in [0.25, 0.3) is 0 Å². The predicted molar refractivity (Wildman–Crippen MR) is 48.0 cm³/mol. The Bertz CT molecular complexity index is 169. The third kappa shape index (κ3) is 2.13. The molecule has 1 nitrogen and oxygen atoms in total. The first kappa shape index (κ1) is 8.42. The van der Waals surface area contributed by atoms with E-state index in [9.17, 15) is 0 Å². The van der Waals surface area contributed by atoms with Gasteiger partial charge in [0.25, 0.3) is 0 Å². The van der Waals surface area contributed by atoms with E-state index in [2.05, 4.69) is 19.2 Å². The quantitative estimate of drug-likeness (QED) is 0.572. The van der Waals surface area contributed by atoms with E-state index in [1.54, 1.807) is 0 Å². The number of hydrogen-bond donors (Lipinski definition) is 1. The van der Waals surface area contributed by atoms with Crippen molar-refractivity contribution in [3.8, 4) is 0 Å². The maximum absolute atomic E-state index is 5.74. The molecule has 1 aliphatic carbocycles. The molecule has 0 heterocycles. The van der Waals surface area contributed by atoms with E-state index < -0.39 is 0 Å². The Morgan fingerprint density at radius 2 is 1.91 bits per heavy atom. The third-order valence-corrected chi connectivity index (χ3v) is 2.66. The molecule has 11 heavy (non-hydrogen) atoms. The average Bonchev–Trinajstić information content (AvgIpc) is 2.05. The standard InChI is InChI=1S/C10H17N/c1-3-10(11)9-6-4-8(2)5-7-9/h8-9H,1,4-7,11H2,2H3. The van der Waals surface area contributed by atoms with Crippen molar-refractivity contribution in [1.29, 1.82) is 0 Å². The number of nitrogens with two attached hydrogens (primary N) is 1. The van der Waals surface area contributed by atoms with Gasteiger partial charge in [0.05, 0.1) is 5.70 Å². The lowest BCUT2D eigenvalue weighted by Gasteiger charge is -2.25. The largest absolute Gasteiger partial charge is 0.396 e. The molecule has 1 aliphatic rings. The molecule has 0 aliphatic heterocycles. The molecule has 1 saturated carbocycles. The van der Waals surface area contributed by atoms with Crippen molar-refractivity contribution in [2.45, 2.75) is 32.6 Å². The van der Waals surface area contributed by atoms with Crippen LogP contribution in [-0.2, 0) is 0 Å². The second-order valence-corrected chi connectivity index (χ2v) is 3.59. The van der Waals surface area contributed by atoms with Gasteiger partial charge in [-0.15, -0.1) is 5.73 Å². The monoisotopic (exact) mass is 151 g/mol. The molecule has 0 spiro atoms. The summed E-state index contributed by atoms with van der Waals surface area (Å²) in [6, 6.07) is 0. The van der Waals surface area contributed by atoms with Gasteiger partial charge in [0.2, 0.25) is 0 Å². The van der Waals surface area contributed by atoms with Crippen LogP contribution in [-0.4, -0.2) is 0 Å². The first-order chi connectivity index (χ1) is 5.24. The summed E-state index contributed by atoms with van der Waals surface area (Å²) in [5, 5.41) is 0. The van der Waals surface area contributed by atoms with Crippen LogP contribution in [0.2, 0.25) is 0 Å². The lowest BCUT2D eigenvalue weighted by atomic mass is 9.82. The van der Waals surface area contributed by atoms with Crippen LogP contribution in [0.15, 0.2) is 18.0 Å². The maximum atomic E-state index is 5.74. The van der Waals surface area contributed by atoms with Gasteiger partial charge in [-0.25, -0.2) is 0 Å². The summed E-state index contributed by atoms with van der Waals surface area (Å²) in [5.41, 5.74) is 9.40. The van der Waals surface area contributed by atoms with Gasteiger partial charge in [0.1, 0.15) is 0 Å². The molecular weight excluding hydrogens is 134 g/mol. The SMILES string of the molecule is C=C=C(N)C1CCC(C)CC1. The lowest BCUT2D eigenvalue weighted by molar-refractivity contribution is 0.319. The zero-order chi connectivity index (χ0) is 8.27. The van der Waals surface area contributed by atoms with Crippen LogP contribution in [0.5, 0.6) is 0 Å². The first-order valence-corrected chi connectivity index (χ1v) is 4.39. The fourth-order valence-corrected chi connectivity index (χ4v) is 1.72. The van der Waals surface area contributed by atoms with E-state index in [4.69, 9.17) is 5.73 Å². The molecule has 0 unspecified atom stereocenters. The van der Waals surface area contributed by atoms with Crippen molar-refractivity contribution in [1.82, 2.24) is 0 Å². The van der Waals surface area contributed by atoms with E-state index in [1.165, 1.54) is 25.7 Å². The Kier molecular flexibility index (Phi) is 2.78. The molecule has 0 radical (unpaired) electrons. The summed E-state index contributed by atoms with van der Waals surface area (Å²) >= 11 is 0. The van der Waals surface area contributed by atoms with E-state index in [0.29, 0.717) is 5.92 Å². The molecule has 0 bridgehead atoms. The average molecular weight is 151 g/mol. The first-order valence-electron chi connectivity index (χ1n) is 4.39. The Hall–Kier alpha value is -0.680. The zero-order valence-corrected chi connectivity index (χ0v) is 7.27. The van der Waals surface area contributed by atoms with Crippen LogP contribution in [0.3, 0.4) is 0 Å². The van der Waals surface area contributed by atoms with Crippen LogP contribution < -0.4 is 5.73 Å². The van der Waals surface area contributed by atoms with Crippen LogP contribution in [0, 0.1) is 11.8 Å². The zero-order valence-electron chi connectivity index (χ0n) is 7.27. The second kappa shape index (κ2) is 3.64. The fourth-order valence-electron chi connectivity index (χ4n) is 1.72. The Morgan fingerprint density at radius 1 is 1.36 bits per heavy atom. The van der Waals surface area contributed by atoms with Gasteiger partial charge in [-0.2, -0.15) is 0 Å². The molecule has 0 aromatic rings. The summed E-state index contributed by atoms with van der Waals surface area (Å²) in [5.74, 6) is 1.47. The van der Waals surface area contributed by atoms with Gasteiger partial charge in [0, 0.05) is 5.92 Å². The van der Waals surface area contributed by atoms with Crippen LogP contribution in [0.1, 0.15) is 32.6 Å². The topological polar surface area (TPSA) is 26.0 Å². The number of rotatable bonds is 1. The van der Waals surface area contributed by atoms with Crippen molar-refractivity contribution >= 4 is 0 Å². The molecule has 1 fully saturated rings. The number of hydrogen-bond acceptors (Lipinski definition) is 1. The summed E-state index contributed by atoms with van der Waals surface area (Å²) < 4.78 is 0. The highest BCUT2D eigenvalue weighted by atomic mass is 14.6. The van der Waals surface area contributed by atoms with E-state index in [1.807, 2.05) is 0 Å². The van der Waals surface area contributed by atoms with Crippen molar-refractivity contribution in [2.24, 2.45) is 17.6 Å². The Labute approximate surface area is 69.0 Å². The molecule has 2 N–H and O–H groups in total. The van der Waals surface area contributed by atoms with Crippen molar-refractivity contribution < 1.29 is 0 Å². The molecule has 1 rings (SSSR count). The molecule has 0 aromatic heterocycles. The molecule has 0 amide bonds. The highest BCUT2D eigenvalue weighted by molar-refractivity contribution is 5.00. The molecule has 62 valence electrons. The molecule has 0 saturated heterocycles. The molecule has 0 atom stereocenters. The summed E-state index contributed by atoms with van der Waals surface area (Å²) in [6.07, 6.45) is 5.09. The minimum absolute atomic E-state index is 0.573. The predicted octanol–water partition coefficient (Wildman–Crippen LogP) is 2.44. The van der Waals surface area contributed by atoms with Crippen LogP contribution >= 0.6 is 0 Å². The lowest BCUT2D eigenvalue weighted by Crippen LogP contribution is -2.17. The summed E-state index contributed by atoms with van der Waals surface area (Å²) in [4.78, 5) is 0. The molecule has 1 heteroatoms. The van der Waals surface area contributed by atoms with E-state index in [-0.39, 0.29) is 0 Å². The van der Waals surface area contributed by atoms with Crippen molar-refractivity contribution in [2.75, 3.05) is 0 Å². The highest BCUT2D eigenvalue weighted by Crippen LogP contribution is 2.30. The molecule has 0 aromatic carbocycles. The van der Waals surface area contributed by atoms with E-state index >= 15 is 0 Å². The van der Waals surface area contributed by atoms with E-state index in [0.717, 1.165) is 11.6 Å². The Balaban J connectivity index is 2.45. The highest BCUT2D eigenvalue weighted by Gasteiger charge is 2.19. The van der Waals surface area contributed by atoms with Gasteiger partial charge in [-0.05, 0) is 18.8 Å². The van der Waals surface area contributed by atoms with Crippen molar-refractivity contribution in [3.05, 3.63) is 18.0 Å². The summed E-state index contributed by atoms with van der Waals surface area (Å²) in [6.45, 7) is 5.88. The second-order valence-electron chi connectivity index (χ2n) is 3.59. The Morgan fingerprint density at radius 3 is 2.36 bits per heavy atom. The van der Waals surface area contributed by atoms with Gasteiger partial charge >= 0.3 is 0 Å². The normalized spacial score (nSPS) is 31.0. The number of allylic oxidation sites excluding steroid dienone is 1. The maximum Gasteiger partial charge on any atom is 0.0537 e. The molecular formula is C10H17N. The van der Waals surface area contributed by atoms with Gasteiger partial charge < -0.3 is 5.73 Å². The van der Waals surface area contributed by atoms with Gasteiger partial charge in [-0.3, -0.25) is 0 Å². The van der Waals surface area contributed by atoms with Gasteiger partial charge in [-0.1, -0.05) is 26.3 Å². The summed E-state index contributed by atoms with van der Waals surface area (Å²) in [7, 11) is 0. The van der Waals surface area contributed by atoms with Crippen molar-refractivity contribution in [3.63, 3.8) is 0 Å². The smallest absolute Gasteiger partial charge is 0.0537 e. The fraction of sp³-hybridized carbons (Fsp3) is 0.700. The van der Waals surface area contributed by atoms with Gasteiger partial charge in [0.15, 0.2) is 0 Å².